The Morgan fingerprint density at radius 1 is 1.41 bits per heavy atom. The Balaban J connectivity index is 2.05. The van der Waals surface area contributed by atoms with Crippen LogP contribution in [0, 0.1) is 6.92 Å². The molecule has 2 aromatic rings. The second-order valence-electron chi connectivity index (χ2n) is 5.66. The van der Waals surface area contributed by atoms with Crippen LogP contribution in [-0.4, -0.2) is 36.6 Å². The van der Waals surface area contributed by atoms with Gasteiger partial charge in [0.25, 0.3) is 5.91 Å². The molecule has 0 aliphatic carbocycles. The van der Waals surface area contributed by atoms with E-state index in [1.54, 1.807) is 44.3 Å². The summed E-state index contributed by atoms with van der Waals surface area (Å²) in [7, 11) is 3.71. The van der Waals surface area contributed by atoms with Crippen molar-refractivity contribution in [3.8, 4) is 0 Å². The lowest BCUT2D eigenvalue weighted by Crippen LogP contribution is -2.38. The van der Waals surface area contributed by atoms with E-state index in [1.165, 1.54) is 0 Å². The van der Waals surface area contributed by atoms with Crippen molar-refractivity contribution in [1.82, 2.24) is 10.3 Å². The van der Waals surface area contributed by atoms with Crippen LogP contribution < -0.4 is 10.2 Å². The first-order valence-corrected chi connectivity index (χ1v) is 7.00. The van der Waals surface area contributed by atoms with Gasteiger partial charge in [-0.15, -0.1) is 0 Å². The molecule has 0 radical (unpaired) electrons. The number of hydrogen-bond donors (Lipinski definition) is 2. The van der Waals surface area contributed by atoms with Crippen molar-refractivity contribution in [2.45, 2.75) is 19.4 Å². The van der Waals surface area contributed by atoms with Gasteiger partial charge in [-0.3, -0.25) is 4.79 Å². The van der Waals surface area contributed by atoms with E-state index in [2.05, 4.69) is 10.3 Å². The number of furan rings is 1. The van der Waals surface area contributed by atoms with Crippen molar-refractivity contribution in [2.24, 2.45) is 0 Å². The molecule has 1 amide bonds. The van der Waals surface area contributed by atoms with Gasteiger partial charge in [-0.05, 0) is 38.1 Å². The number of amides is 1. The van der Waals surface area contributed by atoms with Gasteiger partial charge in [0.1, 0.15) is 22.9 Å². The minimum atomic E-state index is -1.26. The number of rotatable bonds is 5. The Morgan fingerprint density at radius 2 is 2.14 bits per heavy atom. The first-order valence-electron chi connectivity index (χ1n) is 7.00. The molecule has 118 valence electrons. The summed E-state index contributed by atoms with van der Waals surface area (Å²) in [6.07, 6.45) is 1.58. The van der Waals surface area contributed by atoms with Gasteiger partial charge in [0.15, 0.2) is 0 Å². The van der Waals surface area contributed by atoms with Gasteiger partial charge in [-0.2, -0.15) is 0 Å². The van der Waals surface area contributed by atoms with Crippen molar-refractivity contribution >= 4 is 11.7 Å². The molecule has 6 nitrogen and oxygen atoms in total. The summed E-state index contributed by atoms with van der Waals surface area (Å²) in [5.41, 5.74) is -0.772. The number of anilines is 1. The third-order valence-electron chi connectivity index (χ3n) is 3.33. The highest BCUT2D eigenvalue weighted by Gasteiger charge is 2.27. The van der Waals surface area contributed by atoms with Crippen molar-refractivity contribution < 1.29 is 14.3 Å². The number of pyridine rings is 1. The van der Waals surface area contributed by atoms with E-state index in [1.807, 2.05) is 19.0 Å². The number of aryl methyl sites for hydroxylation is 1. The van der Waals surface area contributed by atoms with E-state index in [0.29, 0.717) is 22.9 Å². The van der Waals surface area contributed by atoms with Crippen LogP contribution >= 0.6 is 0 Å². The van der Waals surface area contributed by atoms with E-state index >= 15 is 0 Å². The molecule has 2 rings (SSSR count). The molecule has 0 fully saturated rings. The summed E-state index contributed by atoms with van der Waals surface area (Å²) in [5.74, 6) is 1.57. The Labute approximate surface area is 129 Å². The predicted molar refractivity (Wildman–Crippen MR) is 83.9 cm³/mol. The number of aliphatic hydroxyl groups is 1. The number of nitrogens with zero attached hydrogens (tertiary/aromatic N) is 2. The molecular formula is C16H21N3O3. The maximum Gasteiger partial charge on any atom is 0.251 e. The van der Waals surface area contributed by atoms with E-state index in [-0.39, 0.29) is 12.5 Å². The van der Waals surface area contributed by atoms with Crippen LogP contribution in [0.25, 0.3) is 0 Å². The van der Waals surface area contributed by atoms with Crippen LogP contribution in [0.1, 0.15) is 28.8 Å². The number of nitrogens with one attached hydrogen (secondary N) is 1. The third-order valence-corrected chi connectivity index (χ3v) is 3.33. The normalized spacial score (nSPS) is 13.5. The molecule has 0 aliphatic rings. The number of aromatic nitrogens is 1. The van der Waals surface area contributed by atoms with Crippen LogP contribution in [0.5, 0.6) is 0 Å². The Bertz CT molecular complexity index is 662. The summed E-state index contributed by atoms with van der Waals surface area (Å²) in [6, 6.07) is 6.81. The number of hydrogen-bond acceptors (Lipinski definition) is 5. The molecule has 1 unspecified atom stereocenters. The van der Waals surface area contributed by atoms with Gasteiger partial charge in [0.2, 0.25) is 0 Å². The molecule has 0 bridgehead atoms. The SMILES string of the molecule is Cc1ccc(C(C)(O)CNC(=O)c2ccnc(N(C)C)c2)o1. The fourth-order valence-corrected chi connectivity index (χ4v) is 1.97. The standard InChI is InChI=1S/C16H21N3O3/c1-11-5-6-13(22-11)16(2,21)10-18-15(20)12-7-8-17-14(9-12)19(3)4/h5-9,21H,10H2,1-4H3,(H,18,20). The second-order valence-corrected chi connectivity index (χ2v) is 5.66. The molecular weight excluding hydrogens is 282 g/mol. The van der Waals surface area contributed by atoms with Gasteiger partial charge in [0.05, 0.1) is 6.54 Å². The van der Waals surface area contributed by atoms with E-state index in [4.69, 9.17) is 4.42 Å². The largest absolute Gasteiger partial charge is 0.463 e. The first kappa shape index (κ1) is 16.0. The van der Waals surface area contributed by atoms with Crippen LogP contribution in [0.4, 0.5) is 5.82 Å². The van der Waals surface area contributed by atoms with E-state index in [0.717, 1.165) is 0 Å². The van der Waals surface area contributed by atoms with Crippen molar-refractivity contribution in [3.63, 3.8) is 0 Å². The molecule has 1 atom stereocenters. The summed E-state index contributed by atoms with van der Waals surface area (Å²) in [6.45, 7) is 3.46. The van der Waals surface area contributed by atoms with Gasteiger partial charge in [-0.25, -0.2) is 4.98 Å². The molecule has 0 aliphatic heterocycles. The van der Waals surface area contributed by atoms with Crippen LogP contribution in [0.3, 0.4) is 0 Å². The maximum atomic E-state index is 12.2. The van der Waals surface area contributed by atoms with Crippen LogP contribution in [0.15, 0.2) is 34.9 Å². The second kappa shape index (κ2) is 6.19. The smallest absolute Gasteiger partial charge is 0.251 e. The van der Waals surface area contributed by atoms with E-state index in [9.17, 15) is 9.90 Å². The maximum absolute atomic E-state index is 12.2. The molecule has 0 spiro atoms. The Kier molecular flexibility index (Phi) is 4.51. The zero-order valence-electron chi connectivity index (χ0n) is 13.3. The first-order chi connectivity index (χ1) is 10.3. The fourth-order valence-electron chi connectivity index (χ4n) is 1.97. The van der Waals surface area contributed by atoms with Gasteiger partial charge in [-0.1, -0.05) is 0 Å². The van der Waals surface area contributed by atoms with E-state index < -0.39 is 5.60 Å². The monoisotopic (exact) mass is 303 g/mol. The zero-order valence-corrected chi connectivity index (χ0v) is 13.3. The van der Waals surface area contributed by atoms with Crippen LogP contribution in [-0.2, 0) is 5.60 Å². The molecule has 2 heterocycles. The molecule has 2 aromatic heterocycles. The predicted octanol–water partition coefficient (Wildman–Crippen LogP) is 1.69. The fraction of sp³-hybridized carbons (Fsp3) is 0.375. The molecule has 2 N–H and O–H groups in total. The Morgan fingerprint density at radius 3 is 2.73 bits per heavy atom. The average Bonchev–Trinajstić information content (AvgIpc) is 2.92. The molecule has 0 aromatic carbocycles. The highest BCUT2D eigenvalue weighted by molar-refractivity contribution is 5.94. The lowest BCUT2D eigenvalue weighted by Gasteiger charge is -2.21. The molecule has 22 heavy (non-hydrogen) atoms. The average molecular weight is 303 g/mol. The quantitative estimate of drug-likeness (QED) is 0.879. The third kappa shape index (κ3) is 3.65. The minimum Gasteiger partial charge on any atom is -0.463 e. The Hall–Kier alpha value is -2.34. The van der Waals surface area contributed by atoms with Gasteiger partial charge in [0, 0.05) is 25.9 Å². The van der Waals surface area contributed by atoms with Crippen LogP contribution in [0.2, 0.25) is 0 Å². The minimum absolute atomic E-state index is 0.0540. The molecule has 0 saturated heterocycles. The summed E-state index contributed by atoms with van der Waals surface area (Å²) >= 11 is 0. The zero-order chi connectivity index (χ0) is 16.3. The summed E-state index contributed by atoms with van der Waals surface area (Å²) in [5, 5.41) is 13.1. The van der Waals surface area contributed by atoms with Gasteiger partial charge < -0.3 is 19.7 Å². The lowest BCUT2D eigenvalue weighted by atomic mass is 10.0. The highest BCUT2D eigenvalue weighted by atomic mass is 16.4. The lowest BCUT2D eigenvalue weighted by molar-refractivity contribution is 0.0323. The molecule has 6 heteroatoms. The highest BCUT2D eigenvalue weighted by Crippen LogP contribution is 2.22. The van der Waals surface area contributed by atoms with Crippen molar-refractivity contribution in [1.29, 1.82) is 0 Å². The summed E-state index contributed by atoms with van der Waals surface area (Å²) < 4.78 is 5.42. The van der Waals surface area contributed by atoms with Gasteiger partial charge >= 0.3 is 0 Å². The van der Waals surface area contributed by atoms with Crippen molar-refractivity contribution in [3.05, 3.63) is 47.5 Å². The molecule has 0 saturated carbocycles. The topological polar surface area (TPSA) is 78.6 Å². The number of carbonyl (C=O) groups is 1. The van der Waals surface area contributed by atoms with Crippen molar-refractivity contribution in [2.75, 3.05) is 25.5 Å². The number of carbonyl (C=O) groups excluding carboxylic acids is 1. The summed E-state index contributed by atoms with van der Waals surface area (Å²) in [4.78, 5) is 18.2.